The molecule has 0 bridgehead atoms. The van der Waals surface area contributed by atoms with Crippen LogP contribution >= 0.6 is 0 Å². The van der Waals surface area contributed by atoms with E-state index in [0.29, 0.717) is 0 Å². The Morgan fingerprint density at radius 3 is 2.00 bits per heavy atom. The summed E-state index contributed by atoms with van der Waals surface area (Å²) in [6.45, 7) is 0.856. The number of hydrogen-bond donors (Lipinski definition) is 2. The van der Waals surface area contributed by atoms with Crippen molar-refractivity contribution in [3.8, 4) is 0 Å². The summed E-state index contributed by atoms with van der Waals surface area (Å²) in [6, 6.07) is 0. The second kappa shape index (κ2) is 4.94. The van der Waals surface area contributed by atoms with E-state index in [2.05, 4.69) is 0 Å². The zero-order valence-electron chi connectivity index (χ0n) is 8.31. The van der Waals surface area contributed by atoms with Crippen LogP contribution in [0.3, 0.4) is 0 Å². The second-order valence-electron chi connectivity index (χ2n) is 3.37. The molecule has 0 radical (unpaired) electrons. The van der Waals surface area contributed by atoms with Crippen LogP contribution in [0.1, 0.15) is 0 Å². The Hall–Kier alpha value is -0.260. The van der Waals surface area contributed by atoms with E-state index in [-0.39, 0.29) is 26.3 Å². The molecule has 0 spiro atoms. The first-order valence-corrected chi connectivity index (χ1v) is 7.54. The van der Waals surface area contributed by atoms with E-state index in [1.54, 1.807) is 0 Å². The second-order valence-corrected chi connectivity index (χ2v) is 6.44. The van der Waals surface area contributed by atoms with E-state index in [1.165, 1.54) is 4.90 Å². The van der Waals surface area contributed by atoms with Gasteiger partial charge in [-0.15, -0.1) is 0 Å². The normalized spacial score (nSPS) is 21.9. The van der Waals surface area contributed by atoms with Crippen LogP contribution in [0, 0.1) is 0 Å². The topological polar surface area (TPSA) is 121 Å². The number of nitrogens with zero attached hydrogens (tertiary/aromatic N) is 1. The Bertz CT molecular complexity index is 422. The van der Waals surface area contributed by atoms with Gasteiger partial charge in [0.1, 0.15) is 5.75 Å². The highest BCUT2D eigenvalue weighted by atomic mass is 32.2. The summed E-state index contributed by atoms with van der Waals surface area (Å²) in [4.78, 5) is 1.24. The van der Waals surface area contributed by atoms with Crippen LogP contribution in [0.5, 0.6) is 0 Å². The van der Waals surface area contributed by atoms with Crippen molar-refractivity contribution in [2.45, 2.75) is 5.37 Å². The van der Waals surface area contributed by atoms with Crippen LogP contribution in [-0.4, -0.2) is 68.3 Å². The molecule has 0 aromatic carbocycles. The van der Waals surface area contributed by atoms with Crippen LogP contribution in [0.25, 0.3) is 0 Å². The van der Waals surface area contributed by atoms with E-state index in [1.807, 2.05) is 0 Å². The van der Waals surface area contributed by atoms with Gasteiger partial charge in [0.2, 0.25) is 0 Å². The number of ether oxygens (including phenoxy) is 1. The van der Waals surface area contributed by atoms with Gasteiger partial charge in [-0.3, -0.25) is 14.0 Å². The van der Waals surface area contributed by atoms with Crippen LogP contribution in [-0.2, 0) is 25.0 Å². The van der Waals surface area contributed by atoms with Crippen molar-refractivity contribution in [3.05, 3.63) is 0 Å². The SMILES string of the molecule is O=S(=O)(O)CC(N1CCOCC1)S(=O)(=O)O. The summed E-state index contributed by atoms with van der Waals surface area (Å²) < 4.78 is 65.8. The largest absolute Gasteiger partial charge is 0.379 e. The molecule has 1 fully saturated rings. The average molecular weight is 275 g/mol. The Balaban J connectivity index is 2.87. The van der Waals surface area contributed by atoms with E-state index in [4.69, 9.17) is 13.8 Å². The molecule has 0 aromatic rings. The van der Waals surface area contributed by atoms with Gasteiger partial charge in [-0.2, -0.15) is 16.8 Å². The summed E-state index contributed by atoms with van der Waals surface area (Å²) in [6.07, 6.45) is 0. The molecule has 1 rings (SSSR count). The van der Waals surface area contributed by atoms with Crippen molar-refractivity contribution in [1.82, 2.24) is 4.90 Å². The van der Waals surface area contributed by atoms with Gasteiger partial charge >= 0.3 is 0 Å². The molecular weight excluding hydrogens is 262 g/mol. The molecular formula is C6H13NO7S2. The van der Waals surface area contributed by atoms with Crippen molar-refractivity contribution in [1.29, 1.82) is 0 Å². The van der Waals surface area contributed by atoms with Crippen LogP contribution in [0.4, 0.5) is 0 Å². The van der Waals surface area contributed by atoms with Crippen LogP contribution in [0.2, 0.25) is 0 Å². The van der Waals surface area contributed by atoms with Gasteiger partial charge in [0.05, 0.1) is 13.2 Å². The van der Waals surface area contributed by atoms with Gasteiger partial charge in [-0.1, -0.05) is 0 Å². The van der Waals surface area contributed by atoms with Gasteiger partial charge < -0.3 is 4.74 Å². The van der Waals surface area contributed by atoms with Gasteiger partial charge in [0, 0.05) is 13.1 Å². The molecule has 0 amide bonds. The third kappa shape index (κ3) is 4.31. The lowest BCUT2D eigenvalue weighted by molar-refractivity contribution is 0.0327. The van der Waals surface area contributed by atoms with Crippen molar-refractivity contribution >= 4 is 20.2 Å². The summed E-state index contributed by atoms with van der Waals surface area (Å²) in [7, 11) is -9.04. The van der Waals surface area contributed by atoms with Crippen molar-refractivity contribution in [3.63, 3.8) is 0 Å². The maximum absolute atomic E-state index is 11.0. The number of morpholine rings is 1. The quantitative estimate of drug-likeness (QED) is 0.590. The molecule has 0 aliphatic carbocycles. The summed E-state index contributed by atoms with van der Waals surface area (Å²) in [5.41, 5.74) is 0. The zero-order chi connectivity index (χ0) is 12.4. The minimum atomic E-state index is -4.57. The predicted molar refractivity (Wildman–Crippen MR) is 54.1 cm³/mol. The lowest BCUT2D eigenvalue weighted by Gasteiger charge is -2.31. The molecule has 0 saturated carbocycles. The Morgan fingerprint density at radius 1 is 1.12 bits per heavy atom. The van der Waals surface area contributed by atoms with Gasteiger partial charge in [-0.25, -0.2) is 0 Å². The van der Waals surface area contributed by atoms with Crippen molar-refractivity contribution < 1.29 is 30.7 Å². The maximum Gasteiger partial charge on any atom is 0.282 e. The lowest BCUT2D eigenvalue weighted by atomic mass is 10.4. The van der Waals surface area contributed by atoms with E-state index in [9.17, 15) is 16.8 Å². The molecule has 16 heavy (non-hydrogen) atoms. The Labute approximate surface area is 93.7 Å². The molecule has 0 aromatic heterocycles. The third-order valence-electron chi connectivity index (χ3n) is 2.15. The van der Waals surface area contributed by atoms with Crippen LogP contribution in [0.15, 0.2) is 0 Å². The first kappa shape index (κ1) is 13.8. The summed E-state index contributed by atoms with van der Waals surface area (Å²) >= 11 is 0. The summed E-state index contributed by atoms with van der Waals surface area (Å²) in [5, 5.41) is -1.65. The molecule has 2 N–H and O–H groups in total. The standard InChI is InChI=1S/C6H13NO7S2/c8-15(9,10)5-6(16(11,12)13)7-1-3-14-4-2-7/h6H,1-5H2,(H,8,9,10)(H,11,12,13). The Morgan fingerprint density at radius 2 is 1.62 bits per heavy atom. The molecule has 1 aliphatic rings. The molecule has 1 atom stereocenters. The maximum atomic E-state index is 11.0. The van der Waals surface area contributed by atoms with Gasteiger partial charge in [0.15, 0.2) is 5.37 Å². The summed E-state index contributed by atoms with van der Waals surface area (Å²) in [5.74, 6) is -1.05. The van der Waals surface area contributed by atoms with Gasteiger partial charge in [0.25, 0.3) is 20.2 Å². The predicted octanol–water partition coefficient (Wildman–Crippen LogP) is -1.58. The Kier molecular flexibility index (Phi) is 4.26. The number of hydrogen-bond acceptors (Lipinski definition) is 6. The fraction of sp³-hybridized carbons (Fsp3) is 1.00. The molecule has 1 unspecified atom stereocenters. The van der Waals surface area contributed by atoms with E-state index in [0.717, 1.165) is 0 Å². The first-order chi connectivity index (χ1) is 7.20. The first-order valence-electron chi connectivity index (χ1n) is 4.43. The minimum Gasteiger partial charge on any atom is -0.379 e. The van der Waals surface area contributed by atoms with E-state index < -0.39 is 31.4 Å². The molecule has 1 saturated heterocycles. The highest BCUT2D eigenvalue weighted by Gasteiger charge is 2.34. The molecule has 1 aliphatic heterocycles. The lowest BCUT2D eigenvalue weighted by Crippen LogP contribution is -2.50. The zero-order valence-corrected chi connectivity index (χ0v) is 9.95. The van der Waals surface area contributed by atoms with Crippen molar-refractivity contribution in [2.24, 2.45) is 0 Å². The fourth-order valence-corrected chi connectivity index (χ4v) is 3.79. The third-order valence-corrected chi connectivity index (χ3v) is 4.25. The highest BCUT2D eigenvalue weighted by molar-refractivity contribution is 7.90. The fourth-order valence-electron chi connectivity index (χ4n) is 1.43. The number of rotatable bonds is 4. The highest BCUT2D eigenvalue weighted by Crippen LogP contribution is 2.11. The molecule has 96 valence electrons. The monoisotopic (exact) mass is 275 g/mol. The molecule has 1 heterocycles. The smallest absolute Gasteiger partial charge is 0.282 e. The van der Waals surface area contributed by atoms with Gasteiger partial charge in [-0.05, 0) is 0 Å². The molecule has 10 heteroatoms. The minimum absolute atomic E-state index is 0.181. The molecule has 8 nitrogen and oxygen atoms in total. The van der Waals surface area contributed by atoms with Crippen LogP contribution < -0.4 is 0 Å². The van der Waals surface area contributed by atoms with E-state index >= 15 is 0 Å². The average Bonchev–Trinajstić information content (AvgIpc) is 2.13. The van der Waals surface area contributed by atoms with Crippen molar-refractivity contribution in [2.75, 3.05) is 32.1 Å².